The molecule has 0 aliphatic rings. The zero-order valence-electron chi connectivity index (χ0n) is 10.0. The van der Waals surface area contributed by atoms with Gasteiger partial charge in [0.05, 0.1) is 20.1 Å². The summed E-state index contributed by atoms with van der Waals surface area (Å²) in [4.78, 5) is 0.252. The molecule has 0 spiro atoms. The van der Waals surface area contributed by atoms with Crippen molar-refractivity contribution in [3.63, 3.8) is 0 Å². The fourth-order valence-corrected chi connectivity index (χ4v) is 3.63. The van der Waals surface area contributed by atoms with Gasteiger partial charge in [-0.3, -0.25) is 4.72 Å². The summed E-state index contributed by atoms with van der Waals surface area (Å²) < 4.78 is 27.7. The Labute approximate surface area is 125 Å². The number of aryl methyl sites for hydroxylation is 1. The molecule has 1 N–H and O–H groups in total. The van der Waals surface area contributed by atoms with E-state index in [0.717, 1.165) is 0 Å². The standard InChI is InChI=1S/C13H11BrClNO2S/c1-9-5-2-3-8-12(9)19(17,18)16-11-7-4-6-10(15)13(11)14/h2-8,16H,1H3. The minimum Gasteiger partial charge on any atom is -0.278 e. The van der Waals surface area contributed by atoms with Gasteiger partial charge in [-0.05, 0) is 46.6 Å². The molecule has 0 saturated carbocycles. The van der Waals surface area contributed by atoms with Crippen molar-refractivity contribution in [1.82, 2.24) is 0 Å². The van der Waals surface area contributed by atoms with Crippen LogP contribution in [-0.4, -0.2) is 8.42 Å². The molecule has 2 rings (SSSR count). The van der Waals surface area contributed by atoms with Crippen molar-refractivity contribution >= 4 is 43.2 Å². The first kappa shape index (κ1) is 14.4. The van der Waals surface area contributed by atoms with Gasteiger partial charge in [0.1, 0.15) is 0 Å². The van der Waals surface area contributed by atoms with Crippen LogP contribution >= 0.6 is 27.5 Å². The van der Waals surface area contributed by atoms with Gasteiger partial charge in [-0.25, -0.2) is 8.42 Å². The number of halogens is 2. The zero-order chi connectivity index (χ0) is 14.0. The molecular weight excluding hydrogens is 350 g/mol. The number of hydrogen-bond donors (Lipinski definition) is 1. The van der Waals surface area contributed by atoms with Gasteiger partial charge in [0.25, 0.3) is 10.0 Å². The molecule has 0 bridgehead atoms. The summed E-state index contributed by atoms with van der Waals surface area (Å²) in [5, 5.41) is 0.449. The van der Waals surface area contributed by atoms with E-state index in [2.05, 4.69) is 20.7 Å². The van der Waals surface area contributed by atoms with E-state index in [-0.39, 0.29) is 4.90 Å². The van der Waals surface area contributed by atoms with Crippen LogP contribution in [0.3, 0.4) is 0 Å². The molecule has 0 aliphatic heterocycles. The van der Waals surface area contributed by atoms with Gasteiger partial charge in [0, 0.05) is 0 Å². The summed E-state index contributed by atoms with van der Waals surface area (Å²) in [7, 11) is -3.62. The third kappa shape index (κ3) is 3.11. The average Bonchev–Trinajstić information content (AvgIpc) is 2.35. The van der Waals surface area contributed by atoms with E-state index in [9.17, 15) is 8.42 Å². The minimum absolute atomic E-state index is 0.252. The molecule has 0 amide bonds. The summed E-state index contributed by atoms with van der Waals surface area (Å²) in [6, 6.07) is 11.8. The Morgan fingerprint density at radius 1 is 1.11 bits per heavy atom. The second-order valence-electron chi connectivity index (χ2n) is 3.97. The summed E-state index contributed by atoms with van der Waals surface area (Å²) in [5.74, 6) is 0. The molecule has 0 aliphatic carbocycles. The third-order valence-corrected chi connectivity index (χ3v) is 5.50. The summed E-state index contributed by atoms with van der Waals surface area (Å²) in [6.07, 6.45) is 0. The Bertz CT molecular complexity index is 716. The number of hydrogen-bond acceptors (Lipinski definition) is 2. The van der Waals surface area contributed by atoms with Crippen molar-refractivity contribution < 1.29 is 8.42 Å². The van der Waals surface area contributed by atoms with Crippen LogP contribution in [0.1, 0.15) is 5.56 Å². The van der Waals surface area contributed by atoms with Gasteiger partial charge < -0.3 is 0 Å². The number of rotatable bonds is 3. The maximum Gasteiger partial charge on any atom is 0.262 e. The van der Waals surface area contributed by atoms with Gasteiger partial charge in [0.2, 0.25) is 0 Å². The number of nitrogens with one attached hydrogen (secondary N) is 1. The molecule has 0 radical (unpaired) electrons. The second kappa shape index (κ2) is 5.53. The first-order valence-corrected chi connectivity index (χ1v) is 8.10. The Balaban J connectivity index is 2.43. The van der Waals surface area contributed by atoms with Crippen molar-refractivity contribution in [2.75, 3.05) is 4.72 Å². The van der Waals surface area contributed by atoms with Gasteiger partial charge in [-0.1, -0.05) is 35.9 Å². The van der Waals surface area contributed by atoms with Gasteiger partial charge >= 0.3 is 0 Å². The highest BCUT2D eigenvalue weighted by atomic mass is 79.9. The molecule has 0 unspecified atom stereocenters. The Morgan fingerprint density at radius 3 is 2.47 bits per heavy atom. The molecular formula is C13H11BrClNO2S. The molecule has 0 saturated heterocycles. The highest BCUT2D eigenvalue weighted by molar-refractivity contribution is 9.10. The number of sulfonamides is 1. The summed E-state index contributed by atoms with van der Waals surface area (Å²) in [5.41, 5.74) is 1.10. The number of benzene rings is 2. The van der Waals surface area contributed by atoms with E-state index in [1.165, 1.54) is 0 Å². The molecule has 19 heavy (non-hydrogen) atoms. The van der Waals surface area contributed by atoms with Crippen LogP contribution < -0.4 is 4.72 Å². The van der Waals surface area contributed by atoms with Crippen molar-refractivity contribution in [3.05, 3.63) is 57.5 Å². The minimum atomic E-state index is -3.62. The summed E-state index contributed by atoms with van der Waals surface area (Å²) >= 11 is 9.20. The molecule has 6 heteroatoms. The fourth-order valence-electron chi connectivity index (χ4n) is 1.64. The lowest BCUT2D eigenvalue weighted by molar-refractivity contribution is 0.600. The van der Waals surface area contributed by atoms with Crippen LogP contribution in [-0.2, 0) is 10.0 Å². The molecule has 100 valence electrons. The zero-order valence-corrected chi connectivity index (χ0v) is 13.2. The first-order valence-electron chi connectivity index (χ1n) is 5.44. The van der Waals surface area contributed by atoms with E-state index in [4.69, 9.17) is 11.6 Å². The predicted octanol–water partition coefficient (Wildman–Crippen LogP) is 4.21. The molecule has 3 nitrogen and oxygen atoms in total. The van der Waals surface area contributed by atoms with Crippen molar-refractivity contribution in [2.24, 2.45) is 0 Å². The van der Waals surface area contributed by atoms with Crippen molar-refractivity contribution in [1.29, 1.82) is 0 Å². The molecule has 0 heterocycles. The fraction of sp³-hybridized carbons (Fsp3) is 0.0769. The first-order chi connectivity index (χ1) is 8.92. The quantitative estimate of drug-likeness (QED) is 0.891. The monoisotopic (exact) mass is 359 g/mol. The molecule has 2 aromatic carbocycles. The second-order valence-corrected chi connectivity index (χ2v) is 6.82. The third-order valence-electron chi connectivity index (χ3n) is 2.58. The van der Waals surface area contributed by atoms with Crippen LogP contribution in [0.5, 0.6) is 0 Å². The predicted molar refractivity (Wildman–Crippen MR) is 81.1 cm³/mol. The topological polar surface area (TPSA) is 46.2 Å². The lowest BCUT2D eigenvalue weighted by Crippen LogP contribution is -2.14. The van der Waals surface area contributed by atoms with Crippen LogP contribution in [0.15, 0.2) is 51.8 Å². The van der Waals surface area contributed by atoms with Crippen LogP contribution in [0.25, 0.3) is 0 Å². The normalized spacial score (nSPS) is 11.3. The SMILES string of the molecule is Cc1ccccc1S(=O)(=O)Nc1cccc(Cl)c1Br. The van der Waals surface area contributed by atoms with Crippen molar-refractivity contribution in [2.45, 2.75) is 11.8 Å². The lowest BCUT2D eigenvalue weighted by atomic mass is 10.2. The van der Waals surface area contributed by atoms with Gasteiger partial charge in [-0.15, -0.1) is 0 Å². The maximum atomic E-state index is 12.3. The number of anilines is 1. The molecule has 0 aromatic heterocycles. The van der Waals surface area contributed by atoms with Gasteiger partial charge in [-0.2, -0.15) is 0 Å². The molecule has 0 fully saturated rings. The van der Waals surface area contributed by atoms with E-state index < -0.39 is 10.0 Å². The van der Waals surface area contributed by atoms with Crippen molar-refractivity contribution in [3.8, 4) is 0 Å². The van der Waals surface area contributed by atoms with E-state index in [1.807, 2.05) is 0 Å². The Kier molecular flexibility index (Phi) is 4.18. The smallest absolute Gasteiger partial charge is 0.262 e. The van der Waals surface area contributed by atoms with Gasteiger partial charge in [0.15, 0.2) is 0 Å². The Morgan fingerprint density at radius 2 is 1.79 bits per heavy atom. The average molecular weight is 361 g/mol. The van der Waals surface area contributed by atoms with E-state index >= 15 is 0 Å². The van der Waals surface area contributed by atoms with E-state index in [1.54, 1.807) is 49.4 Å². The highest BCUT2D eigenvalue weighted by Gasteiger charge is 2.18. The van der Waals surface area contributed by atoms with Crippen LogP contribution in [0.2, 0.25) is 5.02 Å². The largest absolute Gasteiger partial charge is 0.278 e. The van der Waals surface area contributed by atoms with Crippen LogP contribution in [0, 0.1) is 6.92 Å². The van der Waals surface area contributed by atoms with E-state index in [0.29, 0.717) is 20.7 Å². The molecule has 0 atom stereocenters. The highest BCUT2D eigenvalue weighted by Crippen LogP contribution is 2.31. The Hall–Kier alpha value is -1.04. The molecule has 2 aromatic rings. The summed E-state index contributed by atoms with van der Waals surface area (Å²) in [6.45, 7) is 1.75. The van der Waals surface area contributed by atoms with Crippen LogP contribution in [0.4, 0.5) is 5.69 Å². The maximum absolute atomic E-state index is 12.3. The lowest BCUT2D eigenvalue weighted by Gasteiger charge is -2.12.